The second kappa shape index (κ2) is 15.4. The highest BCUT2D eigenvalue weighted by molar-refractivity contribution is 5.96. The Morgan fingerprint density at radius 3 is 1.91 bits per heavy atom. The largest absolute Gasteiger partial charge is 0.480 e. The van der Waals surface area contributed by atoms with E-state index in [1.54, 1.807) is 13.8 Å². The number of nitrogens with two attached hydrogens (primary N) is 4. The molecule has 15 heteroatoms. The molecule has 13 N–H and O–H groups in total. The Balaban J connectivity index is 5.67. The summed E-state index contributed by atoms with van der Waals surface area (Å²) in [5.41, 5.74) is 21.3. The molecule has 0 spiro atoms. The summed E-state index contributed by atoms with van der Waals surface area (Å²) < 4.78 is 0. The van der Waals surface area contributed by atoms with E-state index in [1.165, 1.54) is 6.92 Å². The number of aliphatic imine (C=N–C) groups is 1. The van der Waals surface area contributed by atoms with Crippen LogP contribution in [0, 0.1) is 5.92 Å². The fraction of sp³-hybridized carbons (Fsp3) is 0.700. The molecule has 0 heterocycles. The summed E-state index contributed by atoms with van der Waals surface area (Å²) in [5, 5.41) is 26.0. The van der Waals surface area contributed by atoms with Crippen molar-refractivity contribution in [3.63, 3.8) is 0 Å². The van der Waals surface area contributed by atoms with E-state index in [4.69, 9.17) is 22.9 Å². The number of aliphatic carboxylic acids is 1. The molecular weight excluding hydrogens is 464 g/mol. The van der Waals surface area contributed by atoms with Gasteiger partial charge in [-0.2, -0.15) is 0 Å². The number of carboxylic acid groups (broad SMARTS) is 1. The van der Waals surface area contributed by atoms with E-state index in [2.05, 4.69) is 20.9 Å². The van der Waals surface area contributed by atoms with Crippen LogP contribution in [0.25, 0.3) is 0 Å². The molecule has 0 aromatic carbocycles. The van der Waals surface area contributed by atoms with Crippen LogP contribution in [0.2, 0.25) is 0 Å². The molecule has 4 amide bonds. The minimum absolute atomic E-state index is 0.0103. The molecule has 0 rings (SSSR count). The zero-order valence-corrected chi connectivity index (χ0v) is 20.2. The molecule has 0 fully saturated rings. The smallest absolute Gasteiger partial charge is 0.326 e. The number of hydrogen-bond acceptors (Lipinski definition) is 8. The molecule has 0 aliphatic heterocycles. The van der Waals surface area contributed by atoms with Gasteiger partial charge in [-0.1, -0.05) is 20.3 Å². The minimum atomic E-state index is -1.51. The summed E-state index contributed by atoms with van der Waals surface area (Å²) in [6.45, 7) is 4.78. The van der Waals surface area contributed by atoms with E-state index >= 15 is 0 Å². The lowest BCUT2D eigenvalue weighted by molar-refractivity contribution is -0.144. The van der Waals surface area contributed by atoms with Gasteiger partial charge in [0.1, 0.15) is 24.2 Å². The number of aliphatic hydroxyl groups excluding tert-OH is 1. The van der Waals surface area contributed by atoms with Gasteiger partial charge in [0.15, 0.2) is 5.96 Å². The molecule has 0 aromatic heterocycles. The van der Waals surface area contributed by atoms with Crippen molar-refractivity contribution in [3.8, 4) is 0 Å². The lowest BCUT2D eigenvalue weighted by atomic mass is 9.98. The molecule has 0 aromatic rings. The van der Waals surface area contributed by atoms with Crippen molar-refractivity contribution in [2.75, 3.05) is 6.54 Å². The first-order valence-corrected chi connectivity index (χ1v) is 11.1. The maximum absolute atomic E-state index is 12.9. The van der Waals surface area contributed by atoms with Gasteiger partial charge in [0.2, 0.25) is 23.6 Å². The van der Waals surface area contributed by atoms with Gasteiger partial charge in [0.25, 0.3) is 0 Å². The molecule has 0 aliphatic carbocycles. The molecule has 15 nitrogen and oxygen atoms in total. The van der Waals surface area contributed by atoms with Crippen molar-refractivity contribution in [1.82, 2.24) is 16.0 Å². The van der Waals surface area contributed by atoms with Crippen LogP contribution in [-0.2, 0) is 24.0 Å². The molecule has 0 saturated carbocycles. The van der Waals surface area contributed by atoms with E-state index in [0.717, 1.165) is 0 Å². The second-order valence-electron chi connectivity index (χ2n) is 8.22. The predicted molar refractivity (Wildman–Crippen MR) is 126 cm³/mol. The van der Waals surface area contributed by atoms with Crippen LogP contribution in [0.1, 0.15) is 46.5 Å². The summed E-state index contributed by atoms with van der Waals surface area (Å²) >= 11 is 0. The van der Waals surface area contributed by atoms with Crippen LogP contribution in [-0.4, -0.2) is 82.6 Å². The first-order chi connectivity index (χ1) is 16.2. The first kappa shape index (κ1) is 31.5. The number of carboxylic acids is 1. The van der Waals surface area contributed by atoms with E-state index in [0.29, 0.717) is 6.42 Å². The third kappa shape index (κ3) is 12.0. The normalized spacial score (nSPS) is 15.9. The lowest BCUT2D eigenvalue weighted by Crippen LogP contribution is -2.59. The number of nitrogens with one attached hydrogen (secondary N) is 3. The average Bonchev–Trinajstić information content (AvgIpc) is 2.76. The van der Waals surface area contributed by atoms with Gasteiger partial charge in [0.05, 0.1) is 12.5 Å². The Labute approximate surface area is 203 Å². The van der Waals surface area contributed by atoms with Gasteiger partial charge in [-0.3, -0.25) is 24.2 Å². The maximum atomic E-state index is 12.9. The highest BCUT2D eigenvalue weighted by Gasteiger charge is 2.33. The number of hydrogen-bond donors (Lipinski definition) is 9. The summed E-state index contributed by atoms with van der Waals surface area (Å²) in [6, 6.07) is -5.35. The number of aliphatic hydroxyl groups is 1. The Morgan fingerprint density at radius 1 is 0.914 bits per heavy atom. The van der Waals surface area contributed by atoms with Gasteiger partial charge in [-0.25, -0.2) is 4.79 Å². The Kier molecular flexibility index (Phi) is 13.9. The maximum Gasteiger partial charge on any atom is 0.326 e. The van der Waals surface area contributed by atoms with Crippen LogP contribution in [0.15, 0.2) is 4.99 Å². The van der Waals surface area contributed by atoms with E-state index in [-0.39, 0.29) is 25.3 Å². The van der Waals surface area contributed by atoms with Crippen LogP contribution < -0.4 is 38.9 Å². The standard InChI is InChI=1S/C20H38N8O7/c1-4-9(2)15(19(34)35)28-17(32)12(8-13(21)30)27-16(31)11(6-5-7-25-20(23)24)26-18(33)14(22)10(3)29/h9-12,14-15,29H,4-8,22H2,1-3H3,(H2,21,30)(H,26,33)(H,27,31)(H,28,32)(H,34,35)(H4,23,24,25). The summed E-state index contributed by atoms with van der Waals surface area (Å²) in [5.74, 6) is -5.45. The van der Waals surface area contributed by atoms with Crippen molar-refractivity contribution >= 4 is 35.6 Å². The first-order valence-electron chi connectivity index (χ1n) is 11.1. The van der Waals surface area contributed by atoms with Crippen LogP contribution >= 0.6 is 0 Å². The highest BCUT2D eigenvalue weighted by Crippen LogP contribution is 2.09. The van der Waals surface area contributed by atoms with Gasteiger partial charge >= 0.3 is 5.97 Å². The molecule has 0 saturated heterocycles. The lowest BCUT2D eigenvalue weighted by Gasteiger charge is -2.26. The van der Waals surface area contributed by atoms with E-state index in [9.17, 15) is 34.2 Å². The van der Waals surface area contributed by atoms with Gasteiger partial charge < -0.3 is 49.1 Å². The molecule has 0 bridgehead atoms. The van der Waals surface area contributed by atoms with Crippen LogP contribution in [0.5, 0.6) is 0 Å². The second-order valence-corrected chi connectivity index (χ2v) is 8.22. The zero-order valence-electron chi connectivity index (χ0n) is 20.2. The van der Waals surface area contributed by atoms with Gasteiger partial charge in [0, 0.05) is 6.54 Å². The average molecular weight is 503 g/mol. The molecule has 200 valence electrons. The summed E-state index contributed by atoms with van der Waals surface area (Å²) in [6.07, 6.45) is -1.13. The summed E-state index contributed by atoms with van der Waals surface area (Å²) in [7, 11) is 0. The SMILES string of the molecule is CCC(C)C(NC(=O)C(CC(N)=O)NC(=O)C(CCCN=C(N)N)NC(=O)C(N)C(C)O)C(=O)O. The van der Waals surface area contributed by atoms with Crippen molar-refractivity contribution in [2.45, 2.75) is 76.7 Å². The highest BCUT2D eigenvalue weighted by atomic mass is 16.4. The molecule has 0 radical (unpaired) electrons. The number of carbonyl (C=O) groups is 5. The topological polar surface area (TPSA) is 278 Å². The Hall–Kier alpha value is -3.46. The molecule has 6 atom stereocenters. The monoisotopic (exact) mass is 502 g/mol. The minimum Gasteiger partial charge on any atom is -0.480 e. The number of nitrogens with zero attached hydrogens (tertiary/aromatic N) is 1. The van der Waals surface area contributed by atoms with Crippen molar-refractivity contribution in [1.29, 1.82) is 0 Å². The molecule has 35 heavy (non-hydrogen) atoms. The molecule has 6 unspecified atom stereocenters. The number of rotatable bonds is 16. The van der Waals surface area contributed by atoms with Crippen molar-refractivity contribution < 1.29 is 34.2 Å². The van der Waals surface area contributed by atoms with Crippen molar-refractivity contribution in [3.05, 3.63) is 0 Å². The quantitative estimate of drug-likeness (QED) is 0.0563. The number of carbonyl (C=O) groups excluding carboxylic acids is 4. The van der Waals surface area contributed by atoms with E-state index in [1.807, 2.05) is 0 Å². The number of primary amides is 1. The van der Waals surface area contributed by atoms with Crippen LogP contribution in [0.4, 0.5) is 0 Å². The number of guanidine groups is 1. The van der Waals surface area contributed by atoms with E-state index < -0.39 is 72.2 Å². The third-order valence-electron chi connectivity index (χ3n) is 5.22. The zero-order chi connectivity index (χ0) is 27.3. The molecule has 0 aliphatic rings. The van der Waals surface area contributed by atoms with Gasteiger partial charge in [-0.15, -0.1) is 0 Å². The summed E-state index contributed by atoms with van der Waals surface area (Å²) in [4.78, 5) is 64.8. The fourth-order valence-corrected chi connectivity index (χ4v) is 2.88. The van der Waals surface area contributed by atoms with Crippen molar-refractivity contribution in [2.24, 2.45) is 33.8 Å². The van der Waals surface area contributed by atoms with Crippen LogP contribution in [0.3, 0.4) is 0 Å². The fourth-order valence-electron chi connectivity index (χ4n) is 2.88. The number of amides is 4. The Morgan fingerprint density at radius 2 is 1.46 bits per heavy atom. The molecular formula is C20H38N8O7. The van der Waals surface area contributed by atoms with Gasteiger partial charge in [-0.05, 0) is 25.7 Å². The predicted octanol–water partition coefficient (Wildman–Crippen LogP) is -3.79. The Bertz CT molecular complexity index is 785. The third-order valence-corrected chi connectivity index (χ3v) is 5.22.